The van der Waals surface area contributed by atoms with Crippen molar-refractivity contribution in [1.29, 1.82) is 0 Å². The molecule has 5 N–H and O–H groups in total. The Labute approximate surface area is 167 Å². The number of aliphatic hydroxyl groups is 2. The Kier molecular flexibility index (Phi) is 32.6. The molecule has 0 fully saturated rings. The summed E-state index contributed by atoms with van der Waals surface area (Å²) in [5.41, 5.74) is 0. The maximum Gasteiger partial charge on any atom is 0.466 e. The highest BCUT2D eigenvalue weighted by atomic mass is 31.2. The van der Waals surface area contributed by atoms with Crippen LogP contribution in [0.25, 0.3) is 0 Å². The van der Waals surface area contributed by atoms with Gasteiger partial charge in [0.25, 0.3) is 0 Å². The normalized spacial score (nSPS) is 10.9. The molecule has 0 saturated carbocycles. The highest BCUT2D eigenvalue weighted by molar-refractivity contribution is 7.45. The number of aliphatic hydroxyl groups excluding tert-OH is 2. The molecule has 6 nitrogen and oxygen atoms in total. The second-order valence-corrected chi connectivity index (χ2v) is 7.52. The summed E-state index contributed by atoms with van der Waals surface area (Å²) in [5, 5.41) is 16.2. The summed E-state index contributed by atoms with van der Waals surface area (Å²) in [6, 6.07) is 0. The smallest absolute Gasteiger partial charge is 0.397 e. The van der Waals surface area contributed by atoms with Crippen LogP contribution in [0, 0.1) is 0 Å². The number of hydrogen-bond donors (Lipinski definition) is 5. The van der Waals surface area contributed by atoms with Crippen molar-refractivity contribution in [3.63, 3.8) is 0 Å². The van der Waals surface area contributed by atoms with E-state index in [1.807, 2.05) is 0 Å². The fourth-order valence-corrected chi connectivity index (χ4v) is 2.36. The van der Waals surface area contributed by atoms with Crippen LogP contribution < -0.4 is 0 Å². The first-order valence-electron chi connectivity index (χ1n) is 10.5. The lowest BCUT2D eigenvalue weighted by Crippen LogP contribution is -1.83. The fourth-order valence-electron chi connectivity index (χ4n) is 2.36. The van der Waals surface area contributed by atoms with Gasteiger partial charge in [-0.25, -0.2) is 4.57 Å². The highest BCUT2D eigenvalue weighted by Gasteiger charge is 2.00. The van der Waals surface area contributed by atoms with Crippen LogP contribution in [0.1, 0.15) is 104 Å². The Hall–Kier alpha value is -0.230. The maximum atomic E-state index is 8.88. The molecule has 0 aliphatic carbocycles. The van der Waals surface area contributed by atoms with Gasteiger partial charge in [-0.2, -0.15) is 0 Å². The second kappa shape index (κ2) is 28.0. The van der Waals surface area contributed by atoms with E-state index in [4.69, 9.17) is 29.5 Å². The minimum absolute atomic E-state index is 0.250. The Morgan fingerprint density at radius 2 is 0.926 bits per heavy atom. The fraction of sp³-hybridized carbons (Fsp3) is 0.900. The monoisotopic (exact) mass is 412 g/mol. The summed E-state index contributed by atoms with van der Waals surface area (Å²) >= 11 is 0. The van der Waals surface area contributed by atoms with Crippen molar-refractivity contribution in [2.75, 3.05) is 13.2 Å². The molecule has 0 saturated heterocycles. The quantitative estimate of drug-likeness (QED) is 0.145. The van der Waals surface area contributed by atoms with E-state index in [1.54, 1.807) is 6.92 Å². The summed E-state index contributed by atoms with van der Waals surface area (Å²) in [6.45, 7) is 4.57. The Morgan fingerprint density at radius 1 is 0.630 bits per heavy atom. The van der Waals surface area contributed by atoms with Crippen LogP contribution in [0.3, 0.4) is 0 Å². The van der Waals surface area contributed by atoms with E-state index in [9.17, 15) is 0 Å². The van der Waals surface area contributed by atoms with Gasteiger partial charge in [0, 0.05) is 13.2 Å². The van der Waals surface area contributed by atoms with Gasteiger partial charge in [-0.15, -0.1) is 0 Å². The highest BCUT2D eigenvalue weighted by Crippen LogP contribution is 2.25. The van der Waals surface area contributed by atoms with Crippen LogP contribution in [-0.2, 0) is 4.57 Å². The second-order valence-electron chi connectivity index (χ2n) is 6.49. The summed E-state index contributed by atoms with van der Waals surface area (Å²) < 4.78 is 8.88. The zero-order valence-corrected chi connectivity index (χ0v) is 18.5. The maximum absolute atomic E-state index is 8.88. The molecule has 0 aromatic rings. The van der Waals surface area contributed by atoms with Gasteiger partial charge < -0.3 is 24.9 Å². The average molecular weight is 413 g/mol. The van der Waals surface area contributed by atoms with E-state index in [0.717, 1.165) is 6.42 Å². The van der Waals surface area contributed by atoms with Gasteiger partial charge in [0.2, 0.25) is 0 Å². The molecule has 0 bridgehead atoms. The van der Waals surface area contributed by atoms with Crippen LogP contribution in [0.2, 0.25) is 0 Å². The van der Waals surface area contributed by atoms with Gasteiger partial charge in [-0.05, 0) is 39.0 Å². The van der Waals surface area contributed by atoms with E-state index in [0.29, 0.717) is 6.61 Å². The minimum Gasteiger partial charge on any atom is -0.397 e. The Bertz CT molecular complexity index is 309. The predicted octanol–water partition coefficient (Wildman–Crippen LogP) is 5.09. The van der Waals surface area contributed by atoms with Crippen molar-refractivity contribution in [3.05, 3.63) is 12.2 Å². The first kappa shape index (κ1) is 31.5. The van der Waals surface area contributed by atoms with Gasteiger partial charge in [0.1, 0.15) is 0 Å². The third-order valence-electron chi connectivity index (χ3n) is 3.67. The molecule has 0 radical (unpaired) electrons. The molecule has 0 unspecified atom stereocenters. The van der Waals surface area contributed by atoms with Crippen molar-refractivity contribution in [2.24, 2.45) is 0 Å². The van der Waals surface area contributed by atoms with Gasteiger partial charge in [-0.1, -0.05) is 76.9 Å². The summed E-state index contributed by atoms with van der Waals surface area (Å²) in [5.74, 6) is 0. The van der Waals surface area contributed by atoms with Gasteiger partial charge >= 0.3 is 7.82 Å². The molecule has 0 aliphatic heterocycles. The number of unbranched alkanes of at least 4 members (excludes halogenated alkanes) is 12. The third-order valence-corrected chi connectivity index (χ3v) is 3.67. The van der Waals surface area contributed by atoms with E-state index in [-0.39, 0.29) is 6.61 Å². The molecule has 0 atom stereocenters. The van der Waals surface area contributed by atoms with Gasteiger partial charge in [0.15, 0.2) is 0 Å². The van der Waals surface area contributed by atoms with E-state index >= 15 is 0 Å². The third kappa shape index (κ3) is 58.5. The molecule has 0 amide bonds. The van der Waals surface area contributed by atoms with Gasteiger partial charge in [0.05, 0.1) is 0 Å². The van der Waals surface area contributed by atoms with Crippen LogP contribution in [-0.4, -0.2) is 38.1 Å². The zero-order valence-electron chi connectivity index (χ0n) is 17.6. The first-order chi connectivity index (χ1) is 12.8. The van der Waals surface area contributed by atoms with E-state index < -0.39 is 7.82 Å². The summed E-state index contributed by atoms with van der Waals surface area (Å²) in [4.78, 5) is 21.6. The summed E-state index contributed by atoms with van der Waals surface area (Å²) in [7, 11) is -4.64. The molecule has 27 heavy (non-hydrogen) atoms. The predicted molar refractivity (Wildman–Crippen MR) is 114 cm³/mol. The molecule has 166 valence electrons. The van der Waals surface area contributed by atoms with E-state index in [2.05, 4.69) is 19.1 Å². The molecule has 0 rings (SSSR count). The van der Waals surface area contributed by atoms with Crippen molar-refractivity contribution >= 4 is 7.82 Å². The molecule has 0 aromatic carbocycles. The lowest BCUT2D eigenvalue weighted by atomic mass is 10.1. The lowest BCUT2D eigenvalue weighted by molar-refractivity contribution is 0.275. The topological polar surface area (TPSA) is 118 Å². The van der Waals surface area contributed by atoms with Crippen LogP contribution in [0.5, 0.6) is 0 Å². The largest absolute Gasteiger partial charge is 0.466 e. The standard InChI is InChI=1S/C18H36O.C2H6O.H3O4P/c1-2-3-4-5-6-7-8-9-10-11-12-13-14-15-16-17-18-19;1-2-3;1-5(2,3)4/h9-10,19H,2-8,11-18H2,1H3;3H,2H2,1H3;(H3,1,2,3,4)/b10-9-;;. The number of phosphoric acid groups is 1. The van der Waals surface area contributed by atoms with Crippen LogP contribution in [0.4, 0.5) is 0 Å². The average Bonchev–Trinajstić information content (AvgIpc) is 2.58. The molecule has 0 aromatic heterocycles. The van der Waals surface area contributed by atoms with Crippen molar-refractivity contribution in [3.8, 4) is 0 Å². The van der Waals surface area contributed by atoms with Crippen LogP contribution in [0.15, 0.2) is 12.2 Å². The number of hydrogen-bond acceptors (Lipinski definition) is 3. The summed E-state index contributed by atoms with van der Waals surface area (Å²) in [6.07, 6.45) is 23.2. The minimum atomic E-state index is -4.64. The number of allylic oxidation sites excluding steroid dienone is 2. The molecule has 0 heterocycles. The molecular formula is C20H45O6P. The van der Waals surface area contributed by atoms with Crippen LogP contribution >= 0.6 is 7.82 Å². The first-order valence-corrected chi connectivity index (χ1v) is 12.0. The van der Waals surface area contributed by atoms with Crippen molar-refractivity contribution in [2.45, 2.75) is 104 Å². The molecule has 0 spiro atoms. The SMILES string of the molecule is CCCCCCCC/C=C\CCCCCCCCO.CCO.O=P(O)(O)O. The molecular weight excluding hydrogens is 367 g/mol. The molecule has 7 heteroatoms. The Morgan fingerprint density at radius 3 is 1.26 bits per heavy atom. The van der Waals surface area contributed by atoms with E-state index in [1.165, 1.54) is 83.5 Å². The van der Waals surface area contributed by atoms with Crippen molar-refractivity contribution < 1.29 is 29.5 Å². The molecule has 0 aliphatic rings. The van der Waals surface area contributed by atoms with Crippen molar-refractivity contribution in [1.82, 2.24) is 0 Å². The zero-order chi connectivity index (χ0) is 21.2. The lowest BCUT2D eigenvalue weighted by Gasteiger charge is -1.99. The Balaban J connectivity index is -0.000000604. The number of rotatable bonds is 15. The van der Waals surface area contributed by atoms with Gasteiger partial charge in [-0.3, -0.25) is 0 Å².